The van der Waals surface area contributed by atoms with Crippen LogP contribution in [0.25, 0.3) is 11.0 Å². The van der Waals surface area contributed by atoms with E-state index in [1.54, 1.807) is 0 Å². The molecule has 0 aromatic carbocycles. The second kappa shape index (κ2) is 4.61. The highest BCUT2D eigenvalue weighted by atomic mass is 16.5. The van der Waals surface area contributed by atoms with Gasteiger partial charge in [0, 0.05) is 30.9 Å². The molecule has 0 spiro atoms. The number of aromatic nitrogens is 2. The van der Waals surface area contributed by atoms with Crippen LogP contribution in [0.3, 0.4) is 0 Å². The van der Waals surface area contributed by atoms with Gasteiger partial charge in [0.1, 0.15) is 5.65 Å². The molecule has 0 bridgehead atoms. The van der Waals surface area contributed by atoms with Crippen LogP contribution in [0.4, 0.5) is 5.69 Å². The summed E-state index contributed by atoms with van der Waals surface area (Å²) < 4.78 is 5.40. The molecule has 0 atom stereocenters. The Balaban J connectivity index is 2.03. The highest BCUT2D eigenvalue weighted by Crippen LogP contribution is 2.28. The molecule has 18 heavy (non-hydrogen) atoms. The first kappa shape index (κ1) is 11.5. The van der Waals surface area contributed by atoms with Gasteiger partial charge in [0.2, 0.25) is 0 Å². The summed E-state index contributed by atoms with van der Waals surface area (Å²) in [5.41, 5.74) is 3.51. The maximum Gasteiger partial charge on any atom is 0.139 e. The Kier molecular flexibility index (Phi) is 2.96. The fourth-order valence-electron chi connectivity index (χ4n) is 2.39. The predicted octanol–water partition coefficient (Wildman–Crippen LogP) is 2.52. The third-order valence-corrected chi connectivity index (χ3v) is 3.55. The van der Waals surface area contributed by atoms with E-state index in [9.17, 15) is 0 Å². The Hall–Kier alpha value is -1.55. The molecule has 1 aliphatic heterocycles. The number of nitrogens with zero attached hydrogens (tertiary/aromatic N) is 2. The van der Waals surface area contributed by atoms with E-state index < -0.39 is 0 Å². The molecule has 0 radical (unpaired) electrons. The van der Waals surface area contributed by atoms with Crippen LogP contribution in [0.15, 0.2) is 18.5 Å². The van der Waals surface area contributed by atoms with Crippen LogP contribution in [-0.4, -0.2) is 36.3 Å². The molecule has 0 amide bonds. The summed E-state index contributed by atoms with van der Waals surface area (Å²) >= 11 is 0. The number of hydrogen-bond donors (Lipinski definition) is 1. The van der Waals surface area contributed by atoms with Crippen LogP contribution in [-0.2, 0) is 4.74 Å². The largest absolute Gasteiger partial charge is 0.378 e. The molecule has 2 aromatic heterocycles. The topological polar surface area (TPSA) is 41.2 Å². The van der Waals surface area contributed by atoms with E-state index in [1.165, 1.54) is 16.6 Å². The average Bonchev–Trinajstić information content (AvgIpc) is 2.82. The third kappa shape index (κ3) is 1.97. The van der Waals surface area contributed by atoms with Crippen LogP contribution in [0.1, 0.15) is 25.3 Å². The van der Waals surface area contributed by atoms with Gasteiger partial charge in [-0.2, -0.15) is 0 Å². The van der Waals surface area contributed by atoms with Gasteiger partial charge >= 0.3 is 0 Å². The zero-order valence-corrected chi connectivity index (χ0v) is 10.9. The Morgan fingerprint density at radius 1 is 1.33 bits per heavy atom. The average molecular weight is 245 g/mol. The van der Waals surface area contributed by atoms with Crippen molar-refractivity contribution in [2.45, 2.75) is 19.8 Å². The van der Waals surface area contributed by atoms with Crippen LogP contribution in [0.2, 0.25) is 0 Å². The molecule has 4 heteroatoms. The van der Waals surface area contributed by atoms with E-state index in [-0.39, 0.29) is 0 Å². The summed E-state index contributed by atoms with van der Waals surface area (Å²) in [6, 6.07) is 2.26. The maximum atomic E-state index is 5.40. The summed E-state index contributed by atoms with van der Waals surface area (Å²) in [7, 11) is 0. The van der Waals surface area contributed by atoms with Gasteiger partial charge in [-0.25, -0.2) is 4.98 Å². The summed E-state index contributed by atoms with van der Waals surface area (Å²) in [5, 5.41) is 1.23. The number of nitrogens with one attached hydrogen (secondary N) is 1. The third-order valence-electron chi connectivity index (χ3n) is 3.55. The SMILES string of the molecule is CC(C)c1cnc2[nH]cc(N3CCOCC3)c2c1. The van der Waals surface area contributed by atoms with Gasteiger partial charge in [0.15, 0.2) is 0 Å². The number of morpholine rings is 1. The van der Waals surface area contributed by atoms with Gasteiger partial charge in [-0.3, -0.25) is 0 Å². The number of fused-ring (bicyclic) bond motifs is 1. The fourth-order valence-corrected chi connectivity index (χ4v) is 2.39. The van der Waals surface area contributed by atoms with Gasteiger partial charge < -0.3 is 14.6 Å². The molecule has 96 valence electrons. The van der Waals surface area contributed by atoms with E-state index in [2.05, 4.69) is 41.0 Å². The van der Waals surface area contributed by atoms with Gasteiger partial charge in [-0.1, -0.05) is 13.8 Å². The lowest BCUT2D eigenvalue weighted by Crippen LogP contribution is -2.36. The Bertz CT molecular complexity index is 541. The van der Waals surface area contributed by atoms with Crippen molar-refractivity contribution >= 4 is 16.7 Å². The van der Waals surface area contributed by atoms with Gasteiger partial charge in [0.05, 0.1) is 18.9 Å². The van der Waals surface area contributed by atoms with Crippen molar-refractivity contribution in [2.75, 3.05) is 31.2 Å². The lowest BCUT2D eigenvalue weighted by Gasteiger charge is -2.28. The van der Waals surface area contributed by atoms with E-state index in [1.807, 2.05) is 6.20 Å². The molecule has 2 aromatic rings. The first-order chi connectivity index (χ1) is 8.75. The minimum atomic E-state index is 0.509. The summed E-state index contributed by atoms with van der Waals surface area (Å²) in [5.74, 6) is 0.509. The van der Waals surface area contributed by atoms with Crippen LogP contribution >= 0.6 is 0 Å². The van der Waals surface area contributed by atoms with Crippen molar-refractivity contribution < 1.29 is 4.74 Å². The molecule has 3 rings (SSSR count). The minimum Gasteiger partial charge on any atom is -0.378 e. The zero-order chi connectivity index (χ0) is 12.5. The van der Waals surface area contributed by atoms with Crippen molar-refractivity contribution in [3.8, 4) is 0 Å². The summed E-state index contributed by atoms with van der Waals surface area (Å²) in [6.45, 7) is 7.93. The number of hydrogen-bond acceptors (Lipinski definition) is 3. The molecular weight excluding hydrogens is 226 g/mol. The number of pyridine rings is 1. The molecule has 0 aliphatic carbocycles. The smallest absolute Gasteiger partial charge is 0.139 e. The van der Waals surface area contributed by atoms with Gasteiger partial charge in [0.25, 0.3) is 0 Å². The van der Waals surface area contributed by atoms with E-state index in [4.69, 9.17) is 4.74 Å². The van der Waals surface area contributed by atoms with E-state index in [0.717, 1.165) is 32.0 Å². The zero-order valence-electron chi connectivity index (χ0n) is 10.9. The Labute approximate surface area is 107 Å². The van der Waals surface area contributed by atoms with Crippen molar-refractivity contribution in [3.05, 3.63) is 24.0 Å². The Morgan fingerprint density at radius 3 is 2.83 bits per heavy atom. The molecular formula is C14H19N3O. The summed E-state index contributed by atoms with van der Waals surface area (Å²) in [6.07, 6.45) is 4.03. The summed E-state index contributed by atoms with van der Waals surface area (Å²) in [4.78, 5) is 10.1. The predicted molar refractivity (Wildman–Crippen MR) is 73.2 cm³/mol. The van der Waals surface area contributed by atoms with Gasteiger partial charge in [-0.05, 0) is 17.5 Å². The molecule has 0 saturated carbocycles. The Morgan fingerprint density at radius 2 is 2.11 bits per heavy atom. The van der Waals surface area contributed by atoms with Crippen molar-refractivity contribution in [1.29, 1.82) is 0 Å². The van der Waals surface area contributed by atoms with Crippen LogP contribution < -0.4 is 4.90 Å². The quantitative estimate of drug-likeness (QED) is 0.884. The number of aromatic amines is 1. The molecule has 0 unspecified atom stereocenters. The number of anilines is 1. The van der Waals surface area contributed by atoms with Crippen molar-refractivity contribution in [3.63, 3.8) is 0 Å². The monoisotopic (exact) mass is 245 g/mol. The van der Waals surface area contributed by atoms with E-state index >= 15 is 0 Å². The van der Waals surface area contributed by atoms with Crippen molar-refractivity contribution in [2.24, 2.45) is 0 Å². The molecule has 3 heterocycles. The minimum absolute atomic E-state index is 0.509. The second-order valence-electron chi connectivity index (χ2n) is 5.09. The number of H-pyrrole nitrogens is 1. The van der Waals surface area contributed by atoms with Crippen LogP contribution in [0, 0.1) is 0 Å². The van der Waals surface area contributed by atoms with E-state index in [0.29, 0.717) is 5.92 Å². The van der Waals surface area contributed by atoms with Crippen molar-refractivity contribution in [1.82, 2.24) is 9.97 Å². The molecule has 1 saturated heterocycles. The lowest BCUT2D eigenvalue weighted by molar-refractivity contribution is 0.123. The molecule has 1 N–H and O–H groups in total. The van der Waals surface area contributed by atoms with Gasteiger partial charge in [-0.15, -0.1) is 0 Å². The number of rotatable bonds is 2. The lowest BCUT2D eigenvalue weighted by atomic mass is 10.0. The first-order valence-electron chi connectivity index (χ1n) is 6.55. The van der Waals surface area contributed by atoms with Crippen LogP contribution in [0.5, 0.6) is 0 Å². The standard InChI is InChI=1S/C14H19N3O/c1-10(2)11-7-12-13(9-16-14(12)15-8-11)17-3-5-18-6-4-17/h7-10H,3-6H2,1-2H3,(H,15,16). The molecule has 1 fully saturated rings. The molecule has 1 aliphatic rings. The molecule has 4 nitrogen and oxygen atoms in total. The number of ether oxygens (including phenoxy) is 1. The highest BCUT2D eigenvalue weighted by Gasteiger charge is 2.16. The second-order valence-corrected chi connectivity index (χ2v) is 5.09. The first-order valence-corrected chi connectivity index (χ1v) is 6.55. The highest BCUT2D eigenvalue weighted by molar-refractivity contribution is 5.91. The maximum absolute atomic E-state index is 5.40. The normalized spacial score (nSPS) is 16.7. The fraction of sp³-hybridized carbons (Fsp3) is 0.500.